The second kappa shape index (κ2) is 6.29. The van der Waals surface area contributed by atoms with Crippen LogP contribution in [0.5, 0.6) is 0 Å². The number of nitrogens with zero attached hydrogens (tertiary/aromatic N) is 3. The maximum atomic E-state index is 11.6. The molecule has 0 aliphatic heterocycles. The molecule has 0 fully saturated rings. The van der Waals surface area contributed by atoms with Crippen LogP contribution in [0, 0.1) is 4.91 Å². The summed E-state index contributed by atoms with van der Waals surface area (Å²) >= 11 is 0. The zero-order chi connectivity index (χ0) is 15.2. The number of nitroso groups, excluding NO2 is 1. The number of rotatable bonds is 3. The molecule has 104 valence electrons. The minimum atomic E-state index is -0.825. The molecule has 0 unspecified atom stereocenters. The predicted octanol–water partition coefficient (Wildman–Crippen LogP) is 2.73. The van der Waals surface area contributed by atoms with Crippen LogP contribution < -0.4 is 5.84 Å². The molecule has 0 bridgehead atoms. The van der Waals surface area contributed by atoms with E-state index in [2.05, 4.69) is 15.5 Å². The summed E-state index contributed by atoms with van der Waals surface area (Å²) in [5.74, 6) is 3.48. The lowest BCUT2D eigenvalue weighted by atomic mass is 10.0. The Balaban J connectivity index is 2.34. The topological polar surface area (TPSA) is 114 Å². The number of carbonyl (C=O) groups excluding carboxylic acids is 2. The van der Waals surface area contributed by atoms with Gasteiger partial charge in [0, 0.05) is 16.3 Å². The van der Waals surface area contributed by atoms with Gasteiger partial charge >= 0.3 is 5.91 Å². The first kappa shape index (κ1) is 14.2. The summed E-state index contributed by atoms with van der Waals surface area (Å²) < 4.78 is 0. The summed E-state index contributed by atoms with van der Waals surface area (Å²) in [6, 6.07) is 13.0. The highest BCUT2D eigenvalue weighted by atomic mass is 16.3. The van der Waals surface area contributed by atoms with Gasteiger partial charge in [-0.25, -0.2) is 0 Å². The van der Waals surface area contributed by atoms with Gasteiger partial charge in [-0.2, -0.15) is 0 Å². The highest BCUT2D eigenvalue weighted by molar-refractivity contribution is 5.96. The fourth-order valence-corrected chi connectivity index (χ4v) is 1.80. The number of carbonyl (C=O) groups is 2. The molecule has 2 rings (SSSR count). The molecule has 0 saturated heterocycles. The Kier molecular flexibility index (Phi) is 4.25. The summed E-state index contributed by atoms with van der Waals surface area (Å²) in [5.41, 5.74) is 2.08. The van der Waals surface area contributed by atoms with Crippen molar-refractivity contribution < 1.29 is 9.59 Å². The second-order valence-electron chi connectivity index (χ2n) is 4.08. The highest BCUT2D eigenvalue weighted by Gasteiger charge is 2.08. The monoisotopic (exact) mass is 282 g/mol. The van der Waals surface area contributed by atoms with E-state index in [1.54, 1.807) is 36.4 Å². The Morgan fingerprint density at radius 1 is 0.857 bits per heavy atom. The number of hydrogen-bond acceptors (Lipinski definition) is 4. The molecule has 0 aliphatic carbocycles. The van der Waals surface area contributed by atoms with Gasteiger partial charge in [-0.1, -0.05) is 34.6 Å². The van der Waals surface area contributed by atoms with Crippen LogP contribution in [-0.2, 0) is 0 Å². The summed E-state index contributed by atoms with van der Waals surface area (Å²) in [6.07, 6.45) is 0. The van der Waals surface area contributed by atoms with E-state index in [9.17, 15) is 14.5 Å². The van der Waals surface area contributed by atoms with Gasteiger partial charge in [0.25, 0.3) is 5.91 Å². The van der Waals surface area contributed by atoms with Crippen molar-refractivity contribution in [2.24, 2.45) is 21.4 Å². The lowest BCUT2D eigenvalue weighted by Gasteiger charge is -2.03. The van der Waals surface area contributed by atoms with Crippen LogP contribution in [0.3, 0.4) is 0 Å². The molecule has 0 aliphatic rings. The van der Waals surface area contributed by atoms with Crippen molar-refractivity contribution in [2.45, 2.75) is 0 Å². The molecule has 7 nitrogen and oxygen atoms in total. The fourth-order valence-electron chi connectivity index (χ4n) is 1.80. The van der Waals surface area contributed by atoms with Crippen LogP contribution >= 0.6 is 0 Å². The van der Waals surface area contributed by atoms with E-state index in [0.29, 0.717) is 5.56 Å². The van der Waals surface area contributed by atoms with Gasteiger partial charge in [-0.15, -0.1) is 4.91 Å². The summed E-state index contributed by atoms with van der Waals surface area (Å²) in [7, 11) is 0. The minimum Gasteiger partial charge on any atom is -0.304 e. The number of hydrogen-bond donors (Lipinski definition) is 1. The van der Waals surface area contributed by atoms with Crippen molar-refractivity contribution in [2.75, 3.05) is 0 Å². The molecule has 2 amide bonds. The van der Waals surface area contributed by atoms with Crippen LogP contribution in [0.4, 0.5) is 0 Å². The molecular formula is C14H10N4O3. The average molecular weight is 282 g/mol. The van der Waals surface area contributed by atoms with Gasteiger partial charge in [-0.05, 0) is 35.4 Å². The third-order valence-electron chi connectivity index (χ3n) is 2.81. The van der Waals surface area contributed by atoms with Gasteiger partial charge in [0.2, 0.25) is 0 Å². The lowest BCUT2D eigenvalue weighted by molar-refractivity contribution is 0.0988. The van der Waals surface area contributed by atoms with Gasteiger partial charge < -0.3 is 5.84 Å². The Morgan fingerprint density at radius 2 is 1.57 bits per heavy atom. The fraction of sp³-hybridized carbons (Fsp3) is 0. The van der Waals surface area contributed by atoms with Crippen molar-refractivity contribution in [1.82, 2.24) is 0 Å². The molecule has 0 radical (unpaired) electrons. The molecule has 0 atom stereocenters. The summed E-state index contributed by atoms with van der Waals surface area (Å²) in [5, 5.41) is 8.55. The number of nitrogens with two attached hydrogens (primary N) is 1. The second-order valence-corrected chi connectivity index (χ2v) is 4.08. The first-order valence-electron chi connectivity index (χ1n) is 5.89. The predicted molar refractivity (Wildman–Crippen MR) is 75.4 cm³/mol. The smallest absolute Gasteiger partial charge is 0.304 e. The molecule has 2 aromatic rings. The third kappa shape index (κ3) is 3.21. The molecule has 2 aromatic carbocycles. The average Bonchev–Trinajstić information content (AvgIpc) is 2.54. The number of amides is 2. The summed E-state index contributed by atoms with van der Waals surface area (Å²) in [6.45, 7) is 0. The molecule has 21 heavy (non-hydrogen) atoms. The van der Waals surface area contributed by atoms with Crippen molar-refractivity contribution in [3.05, 3.63) is 64.6 Å². The van der Waals surface area contributed by atoms with Gasteiger partial charge in [0.1, 0.15) is 0 Å². The molecule has 0 aromatic heterocycles. The molecular weight excluding hydrogens is 272 g/mol. The van der Waals surface area contributed by atoms with Crippen molar-refractivity contribution in [3.8, 4) is 11.1 Å². The maximum absolute atomic E-state index is 11.6. The lowest BCUT2D eigenvalue weighted by Crippen LogP contribution is -1.96. The van der Waals surface area contributed by atoms with E-state index in [1.165, 1.54) is 12.1 Å². The van der Waals surface area contributed by atoms with Crippen LogP contribution in [-0.4, -0.2) is 11.8 Å². The number of benzene rings is 2. The van der Waals surface area contributed by atoms with Crippen molar-refractivity contribution in [1.29, 1.82) is 0 Å². The van der Waals surface area contributed by atoms with E-state index >= 15 is 0 Å². The molecule has 7 heteroatoms. The van der Waals surface area contributed by atoms with E-state index in [0.717, 1.165) is 11.1 Å². The largest absolute Gasteiger partial charge is 0.316 e. The SMILES string of the molecule is NN=NC(=O)c1cccc(-c2ccc(C(=O)N=O)cc2)c1. The van der Waals surface area contributed by atoms with Crippen molar-refractivity contribution in [3.63, 3.8) is 0 Å². The Bertz CT molecular complexity index is 723. The molecule has 0 heterocycles. The minimum absolute atomic E-state index is 0.206. The first-order chi connectivity index (χ1) is 10.2. The van der Waals surface area contributed by atoms with Crippen LogP contribution in [0.15, 0.2) is 64.0 Å². The Morgan fingerprint density at radius 3 is 2.19 bits per heavy atom. The summed E-state index contributed by atoms with van der Waals surface area (Å²) in [4.78, 5) is 32.9. The van der Waals surface area contributed by atoms with Crippen LogP contribution in [0.25, 0.3) is 11.1 Å². The maximum Gasteiger partial charge on any atom is 0.316 e. The van der Waals surface area contributed by atoms with E-state index in [-0.39, 0.29) is 5.56 Å². The van der Waals surface area contributed by atoms with Gasteiger partial charge in [-0.3, -0.25) is 9.59 Å². The van der Waals surface area contributed by atoms with Crippen LogP contribution in [0.2, 0.25) is 0 Å². The van der Waals surface area contributed by atoms with Crippen LogP contribution in [0.1, 0.15) is 20.7 Å². The zero-order valence-corrected chi connectivity index (χ0v) is 10.8. The highest BCUT2D eigenvalue weighted by Crippen LogP contribution is 2.21. The van der Waals surface area contributed by atoms with Gasteiger partial charge in [0.15, 0.2) is 0 Å². The molecule has 0 spiro atoms. The quantitative estimate of drug-likeness (QED) is 0.403. The third-order valence-corrected chi connectivity index (χ3v) is 2.81. The first-order valence-corrected chi connectivity index (χ1v) is 5.89. The zero-order valence-electron chi connectivity index (χ0n) is 10.8. The normalized spacial score (nSPS) is 10.5. The van der Waals surface area contributed by atoms with Crippen molar-refractivity contribution >= 4 is 11.8 Å². The molecule has 2 N–H and O–H groups in total. The Labute approximate surface area is 119 Å². The standard InChI is InChI=1S/C14H10N4O3/c15-18-16-13(19)12-3-1-2-11(8-12)9-4-6-10(7-5-9)14(20)17-21/h1-8H,(H2,15,16,19). The molecule has 0 saturated carbocycles. The van der Waals surface area contributed by atoms with E-state index in [4.69, 9.17) is 5.84 Å². The Hall–Kier alpha value is -3.22. The van der Waals surface area contributed by atoms with E-state index < -0.39 is 11.8 Å². The van der Waals surface area contributed by atoms with Gasteiger partial charge in [0.05, 0.1) is 0 Å². The van der Waals surface area contributed by atoms with E-state index in [1.807, 2.05) is 0 Å².